The van der Waals surface area contributed by atoms with E-state index in [1.54, 1.807) is 12.3 Å². The Hall–Kier alpha value is -3.40. The Morgan fingerprint density at radius 2 is 1.72 bits per heavy atom. The molecule has 4 heteroatoms. The van der Waals surface area contributed by atoms with Crippen LogP contribution in [0.2, 0.25) is 0 Å². The van der Waals surface area contributed by atoms with Gasteiger partial charge < -0.3 is 10.1 Å². The predicted octanol–water partition coefficient (Wildman–Crippen LogP) is 4.31. The van der Waals surface area contributed by atoms with Crippen molar-refractivity contribution in [2.24, 2.45) is 0 Å². The lowest BCUT2D eigenvalue weighted by Crippen LogP contribution is -2.07. The summed E-state index contributed by atoms with van der Waals surface area (Å²) < 4.78 is 5.69. The van der Waals surface area contributed by atoms with Gasteiger partial charge in [0.05, 0.1) is 5.69 Å². The van der Waals surface area contributed by atoms with Crippen molar-refractivity contribution in [3.05, 3.63) is 96.3 Å². The molecule has 0 saturated heterocycles. The third-order valence-corrected chi connectivity index (χ3v) is 3.46. The largest absolute Gasteiger partial charge is 0.487 e. The van der Waals surface area contributed by atoms with Gasteiger partial charge in [-0.1, -0.05) is 36.4 Å². The van der Waals surface area contributed by atoms with Crippen LogP contribution in [0.1, 0.15) is 11.3 Å². The van der Waals surface area contributed by atoms with E-state index in [1.165, 1.54) is 6.08 Å². The molecule has 25 heavy (non-hydrogen) atoms. The normalized spacial score (nSPS) is 10.6. The van der Waals surface area contributed by atoms with E-state index in [9.17, 15) is 4.79 Å². The standard InChI is InChI=1S/C21H18N2O2/c24-21(23-18-6-2-1-3-7-18)14-11-17-9-12-20(13-10-17)25-16-19-8-4-5-15-22-19/h1-15H,16H2,(H,23,24). The maximum atomic E-state index is 11.9. The number of nitrogens with zero attached hydrogens (tertiary/aromatic N) is 1. The van der Waals surface area contributed by atoms with Gasteiger partial charge in [0.15, 0.2) is 0 Å². The molecule has 0 unspecified atom stereocenters. The highest BCUT2D eigenvalue weighted by molar-refractivity contribution is 6.01. The zero-order valence-corrected chi connectivity index (χ0v) is 13.6. The molecular weight excluding hydrogens is 312 g/mol. The van der Waals surface area contributed by atoms with Crippen LogP contribution < -0.4 is 10.1 Å². The Morgan fingerprint density at radius 1 is 0.960 bits per heavy atom. The molecule has 3 aromatic rings. The number of hydrogen-bond donors (Lipinski definition) is 1. The molecule has 0 radical (unpaired) electrons. The number of nitrogens with one attached hydrogen (secondary N) is 1. The van der Waals surface area contributed by atoms with Crippen LogP contribution >= 0.6 is 0 Å². The van der Waals surface area contributed by atoms with Crippen molar-refractivity contribution in [1.29, 1.82) is 0 Å². The maximum Gasteiger partial charge on any atom is 0.248 e. The van der Waals surface area contributed by atoms with Gasteiger partial charge in [0, 0.05) is 18.0 Å². The summed E-state index contributed by atoms with van der Waals surface area (Å²) >= 11 is 0. The van der Waals surface area contributed by atoms with Crippen LogP contribution in [0.5, 0.6) is 5.75 Å². The fraction of sp³-hybridized carbons (Fsp3) is 0.0476. The summed E-state index contributed by atoms with van der Waals surface area (Å²) in [6.45, 7) is 0.426. The van der Waals surface area contributed by atoms with E-state index >= 15 is 0 Å². The minimum absolute atomic E-state index is 0.165. The molecule has 0 fully saturated rings. The van der Waals surface area contributed by atoms with Crippen LogP contribution in [0.15, 0.2) is 85.1 Å². The van der Waals surface area contributed by atoms with Crippen molar-refractivity contribution < 1.29 is 9.53 Å². The number of benzene rings is 2. The molecular formula is C21H18N2O2. The summed E-state index contributed by atoms with van der Waals surface area (Å²) in [5.74, 6) is 0.596. The van der Waals surface area contributed by atoms with Crippen LogP contribution in [0, 0.1) is 0 Å². The molecule has 0 aliphatic carbocycles. The first kappa shape index (κ1) is 16.5. The summed E-state index contributed by atoms with van der Waals surface area (Å²) in [5.41, 5.74) is 2.58. The second-order valence-corrected chi connectivity index (χ2v) is 5.37. The smallest absolute Gasteiger partial charge is 0.248 e. The third-order valence-electron chi connectivity index (χ3n) is 3.46. The first-order valence-corrected chi connectivity index (χ1v) is 7.96. The summed E-state index contributed by atoms with van der Waals surface area (Å²) in [4.78, 5) is 16.1. The molecule has 0 atom stereocenters. The molecule has 0 spiro atoms. The summed E-state index contributed by atoms with van der Waals surface area (Å²) in [7, 11) is 0. The molecule has 1 aromatic heterocycles. The molecule has 0 bridgehead atoms. The van der Waals surface area contributed by atoms with Gasteiger partial charge in [-0.25, -0.2) is 0 Å². The molecule has 1 N–H and O–H groups in total. The Labute approximate surface area is 146 Å². The van der Waals surface area contributed by atoms with E-state index in [0.717, 1.165) is 22.7 Å². The van der Waals surface area contributed by atoms with Crippen LogP contribution in [-0.2, 0) is 11.4 Å². The van der Waals surface area contributed by atoms with Crippen LogP contribution in [0.4, 0.5) is 5.69 Å². The lowest BCUT2D eigenvalue weighted by Gasteiger charge is -2.05. The summed E-state index contributed by atoms with van der Waals surface area (Å²) in [6, 6.07) is 22.6. The van der Waals surface area contributed by atoms with Gasteiger partial charge in [0.2, 0.25) is 5.91 Å². The molecule has 0 aliphatic rings. The quantitative estimate of drug-likeness (QED) is 0.685. The summed E-state index contributed by atoms with van der Waals surface area (Å²) in [5, 5.41) is 2.80. The van der Waals surface area contributed by atoms with Gasteiger partial charge in [0.1, 0.15) is 12.4 Å². The Balaban J connectivity index is 1.52. The fourth-order valence-corrected chi connectivity index (χ4v) is 2.19. The van der Waals surface area contributed by atoms with Crippen molar-refractivity contribution in [2.75, 3.05) is 5.32 Å². The Morgan fingerprint density at radius 3 is 2.44 bits per heavy atom. The van der Waals surface area contributed by atoms with Crippen LogP contribution in [0.25, 0.3) is 6.08 Å². The van der Waals surface area contributed by atoms with E-state index < -0.39 is 0 Å². The number of amides is 1. The van der Waals surface area contributed by atoms with Gasteiger partial charge in [0.25, 0.3) is 0 Å². The zero-order valence-electron chi connectivity index (χ0n) is 13.6. The fourth-order valence-electron chi connectivity index (χ4n) is 2.19. The molecule has 2 aromatic carbocycles. The number of hydrogen-bond acceptors (Lipinski definition) is 3. The monoisotopic (exact) mass is 330 g/mol. The van der Waals surface area contributed by atoms with Gasteiger partial charge in [-0.2, -0.15) is 0 Å². The summed E-state index contributed by atoms with van der Waals surface area (Å²) in [6.07, 6.45) is 5.02. The van der Waals surface area contributed by atoms with E-state index in [1.807, 2.05) is 72.8 Å². The molecule has 0 saturated carbocycles. The van der Waals surface area contributed by atoms with Gasteiger partial charge >= 0.3 is 0 Å². The minimum atomic E-state index is -0.165. The number of pyridine rings is 1. The number of carbonyl (C=O) groups excluding carboxylic acids is 1. The van der Waals surface area contributed by atoms with Crippen LogP contribution in [-0.4, -0.2) is 10.9 Å². The third kappa shape index (κ3) is 5.32. The minimum Gasteiger partial charge on any atom is -0.487 e. The highest BCUT2D eigenvalue weighted by Gasteiger charge is 1.98. The second kappa shape index (κ2) is 8.45. The number of aromatic nitrogens is 1. The lowest BCUT2D eigenvalue weighted by molar-refractivity contribution is -0.111. The SMILES string of the molecule is O=C(C=Cc1ccc(OCc2ccccn2)cc1)Nc1ccccc1. The van der Waals surface area contributed by atoms with Crippen molar-refractivity contribution >= 4 is 17.7 Å². The number of para-hydroxylation sites is 1. The molecule has 3 rings (SSSR count). The topological polar surface area (TPSA) is 51.2 Å². The van der Waals surface area contributed by atoms with Crippen molar-refractivity contribution in [2.45, 2.75) is 6.61 Å². The first-order valence-electron chi connectivity index (χ1n) is 7.96. The van der Waals surface area contributed by atoms with Gasteiger partial charge in [-0.05, 0) is 48.0 Å². The van der Waals surface area contributed by atoms with E-state index in [-0.39, 0.29) is 5.91 Å². The molecule has 0 aliphatic heterocycles. The average molecular weight is 330 g/mol. The molecule has 1 heterocycles. The first-order chi connectivity index (χ1) is 12.3. The highest BCUT2D eigenvalue weighted by Crippen LogP contribution is 2.15. The van der Waals surface area contributed by atoms with E-state index in [0.29, 0.717) is 6.61 Å². The van der Waals surface area contributed by atoms with Crippen molar-refractivity contribution in [1.82, 2.24) is 4.98 Å². The van der Waals surface area contributed by atoms with E-state index in [2.05, 4.69) is 10.3 Å². The lowest BCUT2D eigenvalue weighted by atomic mass is 10.2. The number of rotatable bonds is 6. The molecule has 1 amide bonds. The number of ether oxygens (including phenoxy) is 1. The van der Waals surface area contributed by atoms with Gasteiger partial charge in [-0.3, -0.25) is 9.78 Å². The van der Waals surface area contributed by atoms with Crippen molar-refractivity contribution in [3.8, 4) is 5.75 Å². The highest BCUT2D eigenvalue weighted by atomic mass is 16.5. The molecule has 124 valence electrons. The van der Waals surface area contributed by atoms with Gasteiger partial charge in [-0.15, -0.1) is 0 Å². The predicted molar refractivity (Wildman–Crippen MR) is 99.1 cm³/mol. The maximum absolute atomic E-state index is 11.9. The number of carbonyl (C=O) groups is 1. The Kier molecular flexibility index (Phi) is 5.56. The number of anilines is 1. The zero-order chi connectivity index (χ0) is 17.3. The van der Waals surface area contributed by atoms with E-state index in [4.69, 9.17) is 4.74 Å². The molecule has 4 nitrogen and oxygen atoms in total. The van der Waals surface area contributed by atoms with Crippen LogP contribution in [0.3, 0.4) is 0 Å². The second-order valence-electron chi connectivity index (χ2n) is 5.37. The Bertz CT molecular complexity index is 829. The van der Waals surface area contributed by atoms with Crippen molar-refractivity contribution in [3.63, 3.8) is 0 Å². The average Bonchev–Trinajstić information content (AvgIpc) is 2.67.